The summed E-state index contributed by atoms with van der Waals surface area (Å²) in [6.07, 6.45) is 5.99. The number of hydrogen-bond donors (Lipinski definition) is 2. The summed E-state index contributed by atoms with van der Waals surface area (Å²) in [5, 5.41) is 13.9. The molecule has 110 valence electrons. The fourth-order valence-electron chi connectivity index (χ4n) is 2.57. The Hall–Kier alpha value is -1.69. The number of amides is 1. The lowest BCUT2D eigenvalue weighted by atomic mass is 10.1. The Morgan fingerprint density at radius 2 is 2.05 bits per heavy atom. The predicted molar refractivity (Wildman–Crippen MR) is 76.7 cm³/mol. The normalized spacial score (nSPS) is 22.9. The molecule has 0 radical (unpaired) electrons. The van der Waals surface area contributed by atoms with Crippen LogP contribution < -0.4 is 10.6 Å². The van der Waals surface area contributed by atoms with Gasteiger partial charge in [-0.05, 0) is 25.0 Å². The molecule has 2 atom stereocenters. The first-order valence-corrected chi connectivity index (χ1v) is 7.09. The van der Waals surface area contributed by atoms with Gasteiger partial charge in [-0.2, -0.15) is 0 Å². The van der Waals surface area contributed by atoms with Crippen molar-refractivity contribution in [2.75, 3.05) is 19.5 Å². The summed E-state index contributed by atoms with van der Waals surface area (Å²) in [4.78, 5) is 11.4. The van der Waals surface area contributed by atoms with Gasteiger partial charge in [0.1, 0.15) is 5.82 Å². The summed E-state index contributed by atoms with van der Waals surface area (Å²) in [6, 6.07) is 3.71. The molecule has 2 rings (SSSR count). The lowest BCUT2D eigenvalue weighted by Crippen LogP contribution is -2.34. The molecule has 20 heavy (non-hydrogen) atoms. The van der Waals surface area contributed by atoms with E-state index in [1.807, 2.05) is 0 Å². The van der Waals surface area contributed by atoms with E-state index in [0.717, 1.165) is 12.8 Å². The monoisotopic (exact) mass is 278 g/mol. The standard InChI is InChI=1S/C14H22N4O2/c1-15-14(19)11-8-9-13(18-17-11)16-10-6-4-3-5-7-12(10)20-2/h8-10,12H,3-7H2,1-2H3,(H,15,19)(H,16,18)/t10-,12+/m0/s1. The Kier molecular flexibility index (Phi) is 5.29. The minimum Gasteiger partial charge on any atom is -0.379 e. The van der Waals surface area contributed by atoms with Crippen molar-refractivity contribution in [2.24, 2.45) is 0 Å². The zero-order chi connectivity index (χ0) is 14.4. The Balaban J connectivity index is 2.02. The van der Waals surface area contributed by atoms with Crippen LogP contribution in [-0.2, 0) is 4.74 Å². The van der Waals surface area contributed by atoms with Crippen LogP contribution in [0, 0.1) is 0 Å². The van der Waals surface area contributed by atoms with Gasteiger partial charge in [0, 0.05) is 14.2 Å². The van der Waals surface area contributed by atoms with Crippen LogP contribution in [-0.4, -0.2) is 42.4 Å². The van der Waals surface area contributed by atoms with Crippen LogP contribution in [0.2, 0.25) is 0 Å². The molecule has 0 unspecified atom stereocenters. The van der Waals surface area contributed by atoms with E-state index in [4.69, 9.17) is 4.74 Å². The third-order valence-corrected chi connectivity index (χ3v) is 3.71. The largest absolute Gasteiger partial charge is 0.379 e. The van der Waals surface area contributed by atoms with E-state index in [1.165, 1.54) is 19.3 Å². The van der Waals surface area contributed by atoms with Gasteiger partial charge in [-0.25, -0.2) is 0 Å². The molecule has 0 aromatic carbocycles. The number of anilines is 1. The molecule has 1 aromatic heterocycles. The molecule has 6 heteroatoms. The van der Waals surface area contributed by atoms with E-state index in [2.05, 4.69) is 20.8 Å². The summed E-state index contributed by atoms with van der Waals surface area (Å²) < 4.78 is 5.56. The summed E-state index contributed by atoms with van der Waals surface area (Å²) in [7, 11) is 3.33. The molecule has 0 saturated heterocycles. The minimum atomic E-state index is -0.228. The van der Waals surface area contributed by atoms with Crippen molar-refractivity contribution >= 4 is 11.7 Å². The molecule has 2 N–H and O–H groups in total. The lowest BCUT2D eigenvalue weighted by molar-refractivity contribution is 0.0805. The molecule has 0 spiro atoms. The number of methoxy groups -OCH3 is 1. The summed E-state index contributed by atoms with van der Waals surface area (Å²) in [6.45, 7) is 0. The SMILES string of the molecule is CNC(=O)c1ccc(N[C@H]2CCCCC[C@H]2OC)nn1. The molecule has 1 aliphatic carbocycles. The first-order chi connectivity index (χ1) is 9.74. The van der Waals surface area contributed by atoms with Crippen LogP contribution in [0.4, 0.5) is 5.82 Å². The maximum absolute atomic E-state index is 11.4. The molecule has 1 aliphatic rings. The van der Waals surface area contributed by atoms with Crippen molar-refractivity contribution in [1.29, 1.82) is 0 Å². The Bertz CT molecular complexity index is 435. The summed E-state index contributed by atoms with van der Waals surface area (Å²) >= 11 is 0. The van der Waals surface area contributed by atoms with E-state index >= 15 is 0 Å². The highest BCUT2D eigenvalue weighted by atomic mass is 16.5. The molecule has 0 bridgehead atoms. The molecule has 6 nitrogen and oxygen atoms in total. The number of carbonyl (C=O) groups is 1. The lowest BCUT2D eigenvalue weighted by Gasteiger charge is -2.25. The fraction of sp³-hybridized carbons (Fsp3) is 0.643. The Morgan fingerprint density at radius 3 is 2.70 bits per heavy atom. The maximum Gasteiger partial charge on any atom is 0.271 e. The zero-order valence-corrected chi connectivity index (χ0v) is 12.1. The smallest absolute Gasteiger partial charge is 0.271 e. The van der Waals surface area contributed by atoms with Crippen molar-refractivity contribution in [3.8, 4) is 0 Å². The van der Waals surface area contributed by atoms with Crippen LogP contribution in [0.25, 0.3) is 0 Å². The highest BCUT2D eigenvalue weighted by Gasteiger charge is 2.23. The van der Waals surface area contributed by atoms with Gasteiger partial charge in [-0.1, -0.05) is 19.3 Å². The fourth-order valence-corrected chi connectivity index (χ4v) is 2.57. The van der Waals surface area contributed by atoms with Crippen molar-refractivity contribution in [2.45, 2.75) is 44.2 Å². The number of ether oxygens (including phenoxy) is 1. The van der Waals surface area contributed by atoms with Crippen LogP contribution in [0.1, 0.15) is 42.6 Å². The average Bonchev–Trinajstić information content (AvgIpc) is 2.72. The van der Waals surface area contributed by atoms with Gasteiger partial charge in [0.05, 0.1) is 12.1 Å². The zero-order valence-electron chi connectivity index (χ0n) is 12.1. The average molecular weight is 278 g/mol. The molecular formula is C14H22N4O2. The number of aromatic nitrogens is 2. The molecule has 1 heterocycles. The highest BCUT2D eigenvalue weighted by Crippen LogP contribution is 2.22. The Labute approximate surface area is 119 Å². The van der Waals surface area contributed by atoms with Crippen molar-refractivity contribution < 1.29 is 9.53 Å². The van der Waals surface area contributed by atoms with Crippen molar-refractivity contribution in [3.63, 3.8) is 0 Å². The van der Waals surface area contributed by atoms with Crippen LogP contribution in [0.5, 0.6) is 0 Å². The van der Waals surface area contributed by atoms with E-state index in [9.17, 15) is 4.79 Å². The van der Waals surface area contributed by atoms with E-state index < -0.39 is 0 Å². The third kappa shape index (κ3) is 3.66. The van der Waals surface area contributed by atoms with Gasteiger partial charge in [0.2, 0.25) is 0 Å². The number of nitrogens with zero attached hydrogens (tertiary/aromatic N) is 2. The second-order valence-corrected chi connectivity index (χ2v) is 5.05. The molecule has 0 aliphatic heterocycles. The predicted octanol–water partition coefficient (Wildman–Crippen LogP) is 1.60. The van der Waals surface area contributed by atoms with Gasteiger partial charge in [-0.15, -0.1) is 10.2 Å². The minimum absolute atomic E-state index is 0.206. The van der Waals surface area contributed by atoms with Gasteiger partial charge < -0.3 is 15.4 Å². The van der Waals surface area contributed by atoms with Crippen LogP contribution >= 0.6 is 0 Å². The molecule has 1 saturated carbocycles. The topological polar surface area (TPSA) is 76.1 Å². The van der Waals surface area contributed by atoms with Gasteiger partial charge in [0.25, 0.3) is 5.91 Å². The molecule has 1 aromatic rings. The first-order valence-electron chi connectivity index (χ1n) is 7.09. The Morgan fingerprint density at radius 1 is 1.25 bits per heavy atom. The second-order valence-electron chi connectivity index (χ2n) is 5.05. The maximum atomic E-state index is 11.4. The number of hydrogen-bond acceptors (Lipinski definition) is 5. The van der Waals surface area contributed by atoms with E-state index in [1.54, 1.807) is 26.3 Å². The van der Waals surface area contributed by atoms with Gasteiger partial charge in [-0.3, -0.25) is 4.79 Å². The molecule has 1 amide bonds. The third-order valence-electron chi connectivity index (χ3n) is 3.71. The second kappa shape index (κ2) is 7.19. The summed E-state index contributed by atoms with van der Waals surface area (Å²) in [5.74, 6) is 0.458. The number of carbonyl (C=O) groups excluding carboxylic acids is 1. The number of nitrogens with one attached hydrogen (secondary N) is 2. The summed E-state index contributed by atoms with van der Waals surface area (Å²) in [5.41, 5.74) is 0.321. The van der Waals surface area contributed by atoms with Crippen LogP contribution in [0.15, 0.2) is 12.1 Å². The molecular weight excluding hydrogens is 256 g/mol. The van der Waals surface area contributed by atoms with Gasteiger partial charge >= 0.3 is 0 Å². The van der Waals surface area contributed by atoms with E-state index in [0.29, 0.717) is 11.5 Å². The quantitative estimate of drug-likeness (QED) is 0.818. The molecule has 1 fully saturated rings. The first kappa shape index (κ1) is 14.7. The van der Waals surface area contributed by atoms with Crippen LogP contribution in [0.3, 0.4) is 0 Å². The highest BCUT2D eigenvalue weighted by molar-refractivity contribution is 5.91. The van der Waals surface area contributed by atoms with E-state index in [-0.39, 0.29) is 18.1 Å². The van der Waals surface area contributed by atoms with Crippen molar-refractivity contribution in [3.05, 3.63) is 17.8 Å². The number of rotatable bonds is 4. The van der Waals surface area contributed by atoms with Gasteiger partial charge in [0.15, 0.2) is 5.69 Å². The van der Waals surface area contributed by atoms with Crippen molar-refractivity contribution in [1.82, 2.24) is 15.5 Å².